The Hall–Kier alpha value is -1.49. The molecule has 0 spiro atoms. The van der Waals surface area contributed by atoms with Crippen molar-refractivity contribution in [2.24, 2.45) is 0 Å². The molecule has 1 aromatic rings. The number of carboxylic acids is 1. The zero-order valence-corrected chi connectivity index (χ0v) is 10.2. The molecule has 16 heavy (non-hydrogen) atoms. The average molecular weight is 239 g/mol. The van der Waals surface area contributed by atoms with Crippen molar-refractivity contribution in [3.8, 4) is 0 Å². The van der Waals surface area contributed by atoms with Crippen molar-refractivity contribution in [3.63, 3.8) is 0 Å². The Morgan fingerprint density at radius 3 is 2.50 bits per heavy atom. The minimum absolute atomic E-state index is 0.0342. The fourth-order valence-corrected chi connectivity index (χ4v) is 1.81. The third-order valence-electron chi connectivity index (χ3n) is 1.78. The van der Waals surface area contributed by atoms with Crippen LogP contribution in [0, 0.1) is 0 Å². The van der Waals surface area contributed by atoms with E-state index in [1.54, 1.807) is 5.38 Å². The quantitative estimate of drug-likeness (QED) is 0.648. The van der Waals surface area contributed by atoms with Crippen LogP contribution < -0.4 is 0 Å². The van der Waals surface area contributed by atoms with E-state index in [4.69, 9.17) is 5.11 Å². The Balaban J connectivity index is 2.81. The van der Waals surface area contributed by atoms with Crippen molar-refractivity contribution in [2.75, 3.05) is 0 Å². The normalized spacial score (nSPS) is 11.9. The molecular formula is C11H13NO3S. The van der Waals surface area contributed by atoms with Gasteiger partial charge in [0.05, 0.1) is 10.7 Å². The summed E-state index contributed by atoms with van der Waals surface area (Å²) in [4.78, 5) is 25.4. The van der Waals surface area contributed by atoms with Gasteiger partial charge in [-0.05, 0) is 12.2 Å². The van der Waals surface area contributed by atoms with E-state index >= 15 is 0 Å². The molecule has 4 nitrogen and oxygen atoms in total. The summed E-state index contributed by atoms with van der Waals surface area (Å²) in [6.45, 7) is 6.13. The first-order valence-corrected chi connectivity index (χ1v) is 5.60. The second kappa shape index (κ2) is 4.57. The Labute approximate surface area is 97.6 Å². The molecule has 1 aromatic heterocycles. The summed E-state index contributed by atoms with van der Waals surface area (Å²) < 4.78 is 0. The van der Waals surface area contributed by atoms with Gasteiger partial charge < -0.3 is 5.11 Å². The van der Waals surface area contributed by atoms with Crippen LogP contribution in [0.3, 0.4) is 0 Å². The number of rotatable bonds is 3. The highest BCUT2D eigenvalue weighted by molar-refractivity contribution is 7.09. The smallest absolute Gasteiger partial charge is 0.376 e. The van der Waals surface area contributed by atoms with Crippen molar-refractivity contribution in [3.05, 3.63) is 22.2 Å². The van der Waals surface area contributed by atoms with Crippen LogP contribution in [-0.2, 0) is 15.0 Å². The molecule has 0 aromatic carbocycles. The molecule has 0 bridgehead atoms. The van der Waals surface area contributed by atoms with Gasteiger partial charge in [0.2, 0.25) is 0 Å². The molecule has 1 N–H and O–H groups in total. The second-order valence-corrected chi connectivity index (χ2v) is 5.19. The van der Waals surface area contributed by atoms with Crippen LogP contribution in [0.5, 0.6) is 0 Å². The lowest BCUT2D eigenvalue weighted by Gasteiger charge is -2.13. The van der Waals surface area contributed by atoms with E-state index < -0.39 is 11.8 Å². The molecular weight excluding hydrogens is 226 g/mol. The van der Waals surface area contributed by atoms with E-state index in [0.29, 0.717) is 5.69 Å². The summed E-state index contributed by atoms with van der Waals surface area (Å²) in [5.74, 6) is -2.40. The number of hydrogen-bond acceptors (Lipinski definition) is 4. The lowest BCUT2D eigenvalue weighted by Crippen LogP contribution is -2.10. The average Bonchev–Trinajstić information content (AvgIpc) is 2.61. The first-order valence-electron chi connectivity index (χ1n) is 4.72. The number of aliphatic carboxylic acids is 1. The monoisotopic (exact) mass is 239 g/mol. The molecule has 0 aliphatic rings. The third-order valence-corrected chi connectivity index (χ3v) is 3.07. The van der Waals surface area contributed by atoms with E-state index in [-0.39, 0.29) is 5.41 Å². The fraction of sp³-hybridized carbons (Fsp3) is 0.364. The van der Waals surface area contributed by atoms with Gasteiger partial charge in [0, 0.05) is 10.8 Å². The molecule has 0 aliphatic heterocycles. The van der Waals surface area contributed by atoms with Crippen LogP contribution in [-0.4, -0.2) is 21.8 Å². The Morgan fingerprint density at radius 1 is 1.44 bits per heavy atom. The maximum atomic E-state index is 10.8. The zero-order chi connectivity index (χ0) is 12.3. The maximum Gasteiger partial charge on any atom is 0.376 e. The predicted molar refractivity (Wildman–Crippen MR) is 62.5 cm³/mol. The summed E-state index contributed by atoms with van der Waals surface area (Å²) >= 11 is 1.50. The molecule has 0 fully saturated rings. The molecule has 1 rings (SSSR count). The van der Waals surface area contributed by atoms with Gasteiger partial charge in [-0.3, -0.25) is 4.79 Å². The van der Waals surface area contributed by atoms with E-state index in [1.165, 1.54) is 17.4 Å². The van der Waals surface area contributed by atoms with E-state index in [2.05, 4.69) is 4.98 Å². The third kappa shape index (κ3) is 3.27. The highest BCUT2D eigenvalue weighted by Crippen LogP contribution is 2.25. The van der Waals surface area contributed by atoms with Crippen LogP contribution in [0.4, 0.5) is 0 Å². The first-order chi connectivity index (χ1) is 7.30. The number of carboxylic acid groups (broad SMARTS) is 1. The van der Waals surface area contributed by atoms with Crippen LogP contribution in [0.25, 0.3) is 6.08 Å². The van der Waals surface area contributed by atoms with E-state index in [9.17, 15) is 9.59 Å². The van der Waals surface area contributed by atoms with Crippen molar-refractivity contribution < 1.29 is 14.7 Å². The Bertz CT molecular complexity index is 440. The predicted octanol–water partition coefficient (Wildman–Crippen LogP) is 2.11. The van der Waals surface area contributed by atoms with Gasteiger partial charge in [0.25, 0.3) is 5.78 Å². The summed E-state index contributed by atoms with van der Waals surface area (Å²) in [5, 5.41) is 11.1. The van der Waals surface area contributed by atoms with Gasteiger partial charge in [-0.1, -0.05) is 20.8 Å². The van der Waals surface area contributed by atoms with Gasteiger partial charge in [-0.2, -0.15) is 0 Å². The highest BCUT2D eigenvalue weighted by atomic mass is 32.1. The lowest BCUT2D eigenvalue weighted by atomic mass is 9.98. The summed E-state index contributed by atoms with van der Waals surface area (Å²) in [7, 11) is 0. The molecule has 0 aliphatic carbocycles. The van der Waals surface area contributed by atoms with Gasteiger partial charge in [0.15, 0.2) is 0 Å². The molecule has 5 heteroatoms. The first kappa shape index (κ1) is 12.6. The summed E-state index contributed by atoms with van der Waals surface area (Å²) in [6, 6.07) is 0. The molecule has 0 saturated carbocycles. The van der Waals surface area contributed by atoms with Crippen molar-refractivity contribution in [1.29, 1.82) is 0 Å². The van der Waals surface area contributed by atoms with Crippen molar-refractivity contribution in [2.45, 2.75) is 26.2 Å². The summed E-state index contributed by atoms with van der Waals surface area (Å²) in [5.41, 5.74) is 0.581. The molecule has 0 atom stereocenters. The van der Waals surface area contributed by atoms with Crippen LogP contribution in [0.15, 0.2) is 11.5 Å². The zero-order valence-electron chi connectivity index (χ0n) is 9.35. The molecule has 1 heterocycles. The molecule has 0 amide bonds. The Morgan fingerprint density at radius 2 is 2.06 bits per heavy atom. The number of ketones is 1. The minimum atomic E-state index is -1.46. The second-order valence-electron chi connectivity index (χ2n) is 4.33. The molecule has 86 valence electrons. The number of nitrogens with zero attached hydrogens (tertiary/aromatic N) is 1. The molecule has 0 radical (unpaired) electrons. The van der Waals surface area contributed by atoms with Crippen LogP contribution >= 0.6 is 11.3 Å². The molecule has 0 unspecified atom stereocenters. The van der Waals surface area contributed by atoms with Gasteiger partial charge in [0.1, 0.15) is 0 Å². The number of carbonyl (C=O) groups excluding carboxylic acids is 1. The minimum Gasteiger partial charge on any atom is -0.475 e. The van der Waals surface area contributed by atoms with Gasteiger partial charge in [-0.25, -0.2) is 9.78 Å². The number of aromatic nitrogens is 1. The number of hydrogen-bond donors (Lipinski definition) is 1. The molecule has 0 saturated heterocycles. The van der Waals surface area contributed by atoms with E-state index in [0.717, 1.165) is 11.1 Å². The van der Waals surface area contributed by atoms with Crippen LogP contribution in [0.2, 0.25) is 0 Å². The van der Waals surface area contributed by atoms with Gasteiger partial charge in [-0.15, -0.1) is 11.3 Å². The number of thiazole rings is 1. The SMILES string of the molecule is CC(C)(C)c1nc(/C=C/C(=O)C(=O)O)cs1. The maximum absolute atomic E-state index is 10.8. The standard InChI is InChI=1S/C11H13NO3S/c1-11(2,3)10-12-7(6-16-10)4-5-8(13)9(14)15/h4-6H,1-3H3,(H,14,15)/b5-4+. The van der Waals surface area contributed by atoms with E-state index in [1.807, 2.05) is 20.8 Å². The highest BCUT2D eigenvalue weighted by Gasteiger charge is 2.17. The summed E-state index contributed by atoms with van der Waals surface area (Å²) in [6.07, 6.45) is 2.44. The topological polar surface area (TPSA) is 67.3 Å². The Kier molecular flexibility index (Phi) is 3.59. The van der Waals surface area contributed by atoms with Crippen molar-refractivity contribution >= 4 is 29.2 Å². The van der Waals surface area contributed by atoms with Gasteiger partial charge >= 0.3 is 5.97 Å². The number of carbonyl (C=O) groups is 2. The largest absolute Gasteiger partial charge is 0.475 e. The van der Waals surface area contributed by atoms with Crippen LogP contribution in [0.1, 0.15) is 31.5 Å². The lowest BCUT2D eigenvalue weighted by molar-refractivity contribution is -0.146. The fourth-order valence-electron chi connectivity index (χ4n) is 0.940. The van der Waals surface area contributed by atoms with Crippen molar-refractivity contribution in [1.82, 2.24) is 4.98 Å².